The van der Waals surface area contributed by atoms with Gasteiger partial charge in [0.1, 0.15) is 5.75 Å². The predicted molar refractivity (Wildman–Crippen MR) is 87.3 cm³/mol. The minimum absolute atomic E-state index is 0. The summed E-state index contributed by atoms with van der Waals surface area (Å²) in [4.78, 5) is 2.39. The first-order valence-electron chi connectivity index (χ1n) is 6.67. The van der Waals surface area contributed by atoms with E-state index in [2.05, 4.69) is 4.90 Å². The second-order valence-electron chi connectivity index (χ2n) is 4.93. The molecule has 1 aliphatic heterocycles. The molecule has 1 aliphatic rings. The van der Waals surface area contributed by atoms with Crippen LogP contribution in [0, 0.1) is 5.92 Å². The molecule has 6 heteroatoms. The van der Waals surface area contributed by atoms with Crippen LogP contribution in [0.3, 0.4) is 0 Å². The summed E-state index contributed by atoms with van der Waals surface area (Å²) in [7, 11) is 0. The Morgan fingerprint density at radius 2 is 2.05 bits per heavy atom. The van der Waals surface area contributed by atoms with Crippen molar-refractivity contribution in [2.45, 2.75) is 19.9 Å². The van der Waals surface area contributed by atoms with Gasteiger partial charge in [0.15, 0.2) is 0 Å². The molecule has 0 aromatic heterocycles. The van der Waals surface area contributed by atoms with Gasteiger partial charge in [-0.15, -0.1) is 12.4 Å². The van der Waals surface area contributed by atoms with Crippen molar-refractivity contribution in [2.24, 2.45) is 11.7 Å². The van der Waals surface area contributed by atoms with E-state index in [1.165, 1.54) is 6.42 Å². The number of nitrogens with two attached hydrogens (primary N) is 1. The molecule has 0 saturated carbocycles. The van der Waals surface area contributed by atoms with Crippen LogP contribution in [0.4, 0.5) is 0 Å². The third-order valence-corrected chi connectivity index (χ3v) is 4.22. The maximum absolute atomic E-state index is 6.10. The molecular weight excluding hydrogens is 319 g/mol. The monoisotopic (exact) mass is 338 g/mol. The first-order valence-corrected chi connectivity index (χ1v) is 7.42. The summed E-state index contributed by atoms with van der Waals surface area (Å²) in [5.41, 5.74) is 6.81. The molecule has 2 N–H and O–H groups in total. The normalized spacial score (nSPS) is 18.9. The quantitative estimate of drug-likeness (QED) is 0.891. The number of hydrogen-bond acceptors (Lipinski definition) is 3. The fraction of sp³-hybridized carbons (Fsp3) is 0.571. The lowest BCUT2D eigenvalue weighted by Crippen LogP contribution is -2.23. The number of likely N-dealkylation sites (tertiary alicyclic amines) is 1. The number of halogens is 3. The van der Waals surface area contributed by atoms with Crippen LogP contribution in [-0.2, 0) is 6.54 Å². The van der Waals surface area contributed by atoms with Gasteiger partial charge >= 0.3 is 0 Å². The molecule has 1 heterocycles. The fourth-order valence-electron chi connectivity index (χ4n) is 2.47. The molecule has 0 aliphatic carbocycles. The van der Waals surface area contributed by atoms with E-state index in [0.29, 0.717) is 22.6 Å². The lowest BCUT2D eigenvalue weighted by molar-refractivity contribution is 0.297. The van der Waals surface area contributed by atoms with Crippen LogP contribution in [0.2, 0.25) is 10.0 Å². The van der Waals surface area contributed by atoms with Crippen LogP contribution in [0.5, 0.6) is 5.75 Å². The summed E-state index contributed by atoms with van der Waals surface area (Å²) >= 11 is 12.1. The average Bonchev–Trinajstić information content (AvgIpc) is 2.83. The molecule has 114 valence electrons. The van der Waals surface area contributed by atoms with Gasteiger partial charge in [-0.05, 0) is 38.4 Å². The molecule has 20 heavy (non-hydrogen) atoms. The minimum Gasteiger partial charge on any atom is -0.493 e. The minimum atomic E-state index is 0. The van der Waals surface area contributed by atoms with Crippen LogP contribution < -0.4 is 10.5 Å². The predicted octanol–water partition coefficient (Wildman–Crippen LogP) is 3.59. The lowest BCUT2D eigenvalue weighted by Gasteiger charge is -2.19. The molecule has 1 fully saturated rings. The van der Waals surface area contributed by atoms with E-state index in [1.807, 2.05) is 13.0 Å². The Bertz CT molecular complexity index is 443. The zero-order valence-corrected chi connectivity index (χ0v) is 13.9. The molecule has 1 aromatic carbocycles. The second-order valence-corrected chi connectivity index (χ2v) is 5.75. The second kappa shape index (κ2) is 8.30. The smallest absolute Gasteiger partial charge is 0.125 e. The number of hydrogen-bond donors (Lipinski definition) is 1. The van der Waals surface area contributed by atoms with Crippen molar-refractivity contribution >= 4 is 35.6 Å². The molecule has 0 spiro atoms. The van der Waals surface area contributed by atoms with E-state index in [9.17, 15) is 0 Å². The molecule has 2 rings (SSSR count). The highest BCUT2D eigenvalue weighted by atomic mass is 35.5. The first kappa shape index (κ1) is 17.9. The van der Waals surface area contributed by atoms with Gasteiger partial charge in [-0.2, -0.15) is 0 Å². The topological polar surface area (TPSA) is 38.5 Å². The maximum atomic E-state index is 6.10. The number of nitrogens with zero attached hydrogens (tertiary/aromatic N) is 1. The standard InChI is InChI=1S/C14H20Cl2N2O.ClH/c1-2-19-14-6-13(16)12(15)5-11(14)9-18-4-3-10(7-17)8-18;/h5-6,10H,2-4,7-9,17H2,1H3;1H/t10-;/m0./s1. The average molecular weight is 340 g/mol. The maximum Gasteiger partial charge on any atom is 0.125 e. The largest absolute Gasteiger partial charge is 0.493 e. The van der Waals surface area contributed by atoms with Crippen molar-refractivity contribution in [2.75, 3.05) is 26.2 Å². The summed E-state index contributed by atoms with van der Waals surface area (Å²) in [5.74, 6) is 1.44. The van der Waals surface area contributed by atoms with E-state index in [1.54, 1.807) is 6.07 Å². The van der Waals surface area contributed by atoms with Gasteiger partial charge < -0.3 is 10.5 Å². The summed E-state index contributed by atoms with van der Waals surface area (Å²) in [6.07, 6.45) is 1.17. The van der Waals surface area contributed by atoms with Crippen molar-refractivity contribution in [1.82, 2.24) is 4.90 Å². The Kier molecular flexibility index (Phi) is 7.41. The van der Waals surface area contributed by atoms with Crippen LogP contribution >= 0.6 is 35.6 Å². The van der Waals surface area contributed by atoms with Crippen molar-refractivity contribution in [3.05, 3.63) is 27.7 Å². The molecule has 0 amide bonds. The summed E-state index contributed by atoms with van der Waals surface area (Å²) < 4.78 is 5.64. The van der Waals surface area contributed by atoms with Gasteiger partial charge in [0.05, 0.1) is 16.7 Å². The van der Waals surface area contributed by atoms with E-state index in [-0.39, 0.29) is 12.4 Å². The van der Waals surface area contributed by atoms with E-state index in [4.69, 9.17) is 33.7 Å². The molecule has 1 saturated heterocycles. The molecule has 1 atom stereocenters. The number of ether oxygens (including phenoxy) is 1. The van der Waals surface area contributed by atoms with Crippen molar-refractivity contribution in [1.29, 1.82) is 0 Å². The van der Waals surface area contributed by atoms with Gasteiger partial charge in [-0.25, -0.2) is 0 Å². The summed E-state index contributed by atoms with van der Waals surface area (Å²) in [6, 6.07) is 3.71. The lowest BCUT2D eigenvalue weighted by atomic mass is 10.1. The molecule has 0 radical (unpaired) electrons. The Morgan fingerprint density at radius 3 is 2.65 bits per heavy atom. The van der Waals surface area contributed by atoms with Gasteiger partial charge in [0, 0.05) is 24.7 Å². The Labute approximate surface area is 136 Å². The molecular formula is C14H21Cl3N2O. The van der Waals surface area contributed by atoms with Crippen LogP contribution in [-0.4, -0.2) is 31.1 Å². The van der Waals surface area contributed by atoms with E-state index < -0.39 is 0 Å². The van der Waals surface area contributed by atoms with Crippen LogP contribution in [0.25, 0.3) is 0 Å². The van der Waals surface area contributed by atoms with Crippen molar-refractivity contribution < 1.29 is 4.74 Å². The van der Waals surface area contributed by atoms with Gasteiger partial charge in [0.2, 0.25) is 0 Å². The van der Waals surface area contributed by atoms with Crippen LogP contribution in [0.15, 0.2) is 12.1 Å². The van der Waals surface area contributed by atoms with E-state index in [0.717, 1.165) is 37.5 Å². The zero-order chi connectivity index (χ0) is 13.8. The molecule has 3 nitrogen and oxygen atoms in total. The summed E-state index contributed by atoms with van der Waals surface area (Å²) in [6.45, 7) is 6.30. The van der Waals surface area contributed by atoms with Gasteiger partial charge in [-0.1, -0.05) is 23.2 Å². The highest BCUT2D eigenvalue weighted by Gasteiger charge is 2.22. The first-order chi connectivity index (χ1) is 9.13. The SMILES string of the molecule is CCOc1cc(Cl)c(Cl)cc1CN1CC[C@@H](CN)C1.Cl. The third-order valence-electron chi connectivity index (χ3n) is 3.50. The molecule has 0 unspecified atom stereocenters. The highest BCUT2D eigenvalue weighted by Crippen LogP contribution is 2.32. The van der Waals surface area contributed by atoms with Crippen molar-refractivity contribution in [3.8, 4) is 5.75 Å². The summed E-state index contributed by atoms with van der Waals surface area (Å²) in [5, 5.41) is 1.12. The highest BCUT2D eigenvalue weighted by molar-refractivity contribution is 6.42. The number of rotatable bonds is 5. The zero-order valence-electron chi connectivity index (χ0n) is 11.6. The molecule has 1 aromatic rings. The van der Waals surface area contributed by atoms with Crippen LogP contribution in [0.1, 0.15) is 18.9 Å². The Morgan fingerprint density at radius 1 is 1.35 bits per heavy atom. The fourth-order valence-corrected chi connectivity index (χ4v) is 2.81. The van der Waals surface area contributed by atoms with Gasteiger partial charge in [0.25, 0.3) is 0 Å². The van der Waals surface area contributed by atoms with E-state index >= 15 is 0 Å². The number of benzene rings is 1. The third kappa shape index (κ3) is 4.40. The molecule has 0 bridgehead atoms. The van der Waals surface area contributed by atoms with Gasteiger partial charge in [-0.3, -0.25) is 4.90 Å². The Hall–Kier alpha value is -0.190. The van der Waals surface area contributed by atoms with Crippen molar-refractivity contribution in [3.63, 3.8) is 0 Å². The Balaban J connectivity index is 0.00000200.